The molecular weight excluding hydrogens is 168 g/mol. The topological polar surface area (TPSA) is 9.23 Å². The number of hydrogen-bond acceptors (Lipinski definition) is 2. The van der Waals surface area contributed by atoms with Gasteiger partial charge >= 0.3 is 0 Å². The fraction of sp³-hybridized carbons (Fsp3) is 0.300. The SMILES string of the molecule is CCC(=S)Oc1ccc(C)cc1. The summed E-state index contributed by atoms with van der Waals surface area (Å²) in [6.45, 7) is 4.03. The molecule has 0 fully saturated rings. The fourth-order valence-corrected chi connectivity index (χ4v) is 0.906. The molecule has 0 aliphatic carbocycles. The van der Waals surface area contributed by atoms with Crippen molar-refractivity contribution in [1.82, 2.24) is 0 Å². The third-order valence-corrected chi connectivity index (χ3v) is 1.91. The maximum Gasteiger partial charge on any atom is 0.167 e. The van der Waals surface area contributed by atoms with Crippen LogP contribution in [0.15, 0.2) is 24.3 Å². The first-order valence-electron chi connectivity index (χ1n) is 3.99. The smallest absolute Gasteiger partial charge is 0.167 e. The van der Waals surface area contributed by atoms with E-state index in [0.717, 1.165) is 12.2 Å². The van der Waals surface area contributed by atoms with Gasteiger partial charge in [-0.3, -0.25) is 0 Å². The van der Waals surface area contributed by atoms with Gasteiger partial charge in [-0.2, -0.15) is 0 Å². The van der Waals surface area contributed by atoms with E-state index in [1.807, 2.05) is 38.1 Å². The van der Waals surface area contributed by atoms with Gasteiger partial charge in [0.2, 0.25) is 0 Å². The minimum atomic E-state index is 0.638. The Labute approximate surface area is 78.4 Å². The average molecular weight is 180 g/mol. The molecule has 0 heterocycles. The van der Waals surface area contributed by atoms with Gasteiger partial charge in [-0.25, -0.2) is 0 Å². The molecule has 64 valence electrons. The fourth-order valence-electron chi connectivity index (χ4n) is 0.810. The first kappa shape index (κ1) is 9.20. The van der Waals surface area contributed by atoms with Gasteiger partial charge in [0.1, 0.15) is 5.75 Å². The maximum atomic E-state index is 5.35. The largest absolute Gasteiger partial charge is 0.450 e. The van der Waals surface area contributed by atoms with Crippen LogP contribution in [-0.4, -0.2) is 5.05 Å². The Morgan fingerprint density at radius 1 is 1.33 bits per heavy atom. The van der Waals surface area contributed by atoms with E-state index in [-0.39, 0.29) is 0 Å². The van der Waals surface area contributed by atoms with Crippen LogP contribution in [0.3, 0.4) is 0 Å². The molecule has 0 aromatic heterocycles. The minimum Gasteiger partial charge on any atom is -0.450 e. The quantitative estimate of drug-likeness (QED) is 0.647. The summed E-state index contributed by atoms with van der Waals surface area (Å²) in [5, 5.41) is 0.638. The van der Waals surface area contributed by atoms with Gasteiger partial charge in [-0.05, 0) is 31.3 Å². The van der Waals surface area contributed by atoms with Crippen molar-refractivity contribution in [2.75, 3.05) is 0 Å². The van der Waals surface area contributed by atoms with Gasteiger partial charge < -0.3 is 4.74 Å². The Bertz CT molecular complexity index is 264. The highest BCUT2D eigenvalue weighted by molar-refractivity contribution is 7.80. The molecule has 1 rings (SSSR count). The van der Waals surface area contributed by atoms with Crippen LogP contribution in [0.5, 0.6) is 5.75 Å². The van der Waals surface area contributed by atoms with Crippen molar-refractivity contribution in [3.05, 3.63) is 29.8 Å². The summed E-state index contributed by atoms with van der Waals surface area (Å²) in [4.78, 5) is 0. The van der Waals surface area contributed by atoms with E-state index in [9.17, 15) is 0 Å². The number of hydrogen-bond donors (Lipinski definition) is 0. The molecule has 0 saturated heterocycles. The molecule has 0 unspecified atom stereocenters. The third kappa shape index (κ3) is 2.62. The van der Waals surface area contributed by atoms with E-state index in [1.54, 1.807) is 0 Å². The highest BCUT2D eigenvalue weighted by Crippen LogP contribution is 2.12. The zero-order chi connectivity index (χ0) is 8.97. The van der Waals surface area contributed by atoms with Gasteiger partial charge in [0.25, 0.3) is 0 Å². The monoisotopic (exact) mass is 180 g/mol. The van der Waals surface area contributed by atoms with Gasteiger partial charge in [0.15, 0.2) is 5.05 Å². The van der Waals surface area contributed by atoms with Crippen LogP contribution in [0.1, 0.15) is 18.9 Å². The first-order chi connectivity index (χ1) is 5.72. The van der Waals surface area contributed by atoms with Crippen molar-refractivity contribution in [2.24, 2.45) is 0 Å². The van der Waals surface area contributed by atoms with Crippen LogP contribution >= 0.6 is 12.2 Å². The molecule has 12 heavy (non-hydrogen) atoms. The second kappa shape index (κ2) is 4.21. The number of thiocarbonyl (C=S) groups is 1. The van der Waals surface area contributed by atoms with Crippen molar-refractivity contribution >= 4 is 17.3 Å². The van der Waals surface area contributed by atoms with E-state index < -0.39 is 0 Å². The Morgan fingerprint density at radius 3 is 2.42 bits per heavy atom. The van der Waals surface area contributed by atoms with Crippen molar-refractivity contribution in [1.29, 1.82) is 0 Å². The lowest BCUT2D eigenvalue weighted by Crippen LogP contribution is -2.02. The predicted octanol–water partition coefficient (Wildman–Crippen LogP) is 3.11. The zero-order valence-electron chi connectivity index (χ0n) is 7.33. The number of aryl methyl sites for hydroxylation is 1. The molecular formula is C10H12OS. The molecule has 1 aromatic rings. The van der Waals surface area contributed by atoms with Crippen molar-refractivity contribution in [2.45, 2.75) is 20.3 Å². The standard InChI is InChI=1S/C10H12OS/c1-3-10(12)11-9-6-4-8(2)5-7-9/h4-7H,3H2,1-2H3. The number of ether oxygens (including phenoxy) is 1. The van der Waals surface area contributed by atoms with Crippen molar-refractivity contribution in [3.8, 4) is 5.75 Å². The summed E-state index contributed by atoms with van der Waals surface area (Å²) in [5.74, 6) is 0.826. The molecule has 1 nitrogen and oxygen atoms in total. The lowest BCUT2D eigenvalue weighted by atomic mass is 10.2. The summed E-state index contributed by atoms with van der Waals surface area (Å²) < 4.78 is 5.35. The van der Waals surface area contributed by atoms with Crippen LogP contribution in [0, 0.1) is 6.92 Å². The van der Waals surface area contributed by atoms with Gasteiger partial charge in [-0.1, -0.05) is 24.6 Å². The third-order valence-electron chi connectivity index (χ3n) is 1.54. The summed E-state index contributed by atoms with van der Waals surface area (Å²) in [5.41, 5.74) is 1.23. The average Bonchev–Trinajstić information content (AvgIpc) is 2.09. The molecule has 1 aromatic carbocycles. The van der Waals surface area contributed by atoms with Crippen LogP contribution in [0.2, 0.25) is 0 Å². The first-order valence-corrected chi connectivity index (χ1v) is 4.40. The van der Waals surface area contributed by atoms with Crippen molar-refractivity contribution < 1.29 is 4.74 Å². The number of rotatable bonds is 2. The minimum absolute atomic E-state index is 0.638. The molecule has 0 spiro atoms. The highest BCUT2D eigenvalue weighted by Gasteiger charge is 1.95. The Balaban J connectivity index is 2.64. The summed E-state index contributed by atoms with van der Waals surface area (Å²) in [7, 11) is 0. The molecule has 0 aliphatic rings. The molecule has 0 atom stereocenters. The maximum absolute atomic E-state index is 5.35. The van der Waals surface area contributed by atoms with E-state index in [0.29, 0.717) is 5.05 Å². The van der Waals surface area contributed by atoms with Crippen LogP contribution in [-0.2, 0) is 0 Å². The molecule has 0 aliphatic heterocycles. The zero-order valence-corrected chi connectivity index (χ0v) is 8.15. The second-order valence-electron chi connectivity index (χ2n) is 2.64. The van der Waals surface area contributed by atoms with Crippen LogP contribution < -0.4 is 4.74 Å². The van der Waals surface area contributed by atoms with Gasteiger partial charge in [-0.15, -0.1) is 0 Å². The van der Waals surface area contributed by atoms with E-state index in [4.69, 9.17) is 17.0 Å². The van der Waals surface area contributed by atoms with Crippen molar-refractivity contribution in [3.63, 3.8) is 0 Å². The Kier molecular flexibility index (Phi) is 3.23. The predicted molar refractivity (Wildman–Crippen MR) is 54.7 cm³/mol. The molecule has 2 heteroatoms. The lowest BCUT2D eigenvalue weighted by molar-refractivity contribution is 0.551. The van der Waals surface area contributed by atoms with E-state index in [1.165, 1.54) is 5.56 Å². The molecule has 0 bridgehead atoms. The van der Waals surface area contributed by atoms with Gasteiger partial charge in [0.05, 0.1) is 0 Å². The molecule has 0 radical (unpaired) electrons. The Morgan fingerprint density at radius 2 is 1.92 bits per heavy atom. The normalized spacial score (nSPS) is 9.50. The molecule has 0 saturated carbocycles. The molecule has 0 N–H and O–H groups in total. The molecule has 0 amide bonds. The lowest BCUT2D eigenvalue weighted by Gasteiger charge is -2.04. The van der Waals surface area contributed by atoms with E-state index in [2.05, 4.69) is 0 Å². The van der Waals surface area contributed by atoms with Crippen LogP contribution in [0.25, 0.3) is 0 Å². The second-order valence-corrected chi connectivity index (χ2v) is 3.10. The van der Waals surface area contributed by atoms with E-state index >= 15 is 0 Å². The summed E-state index contributed by atoms with van der Waals surface area (Å²) >= 11 is 4.95. The summed E-state index contributed by atoms with van der Waals surface area (Å²) in [6.07, 6.45) is 0.781. The Hall–Kier alpha value is -0.890. The highest BCUT2D eigenvalue weighted by atomic mass is 32.1. The van der Waals surface area contributed by atoms with Gasteiger partial charge in [0, 0.05) is 6.42 Å². The summed E-state index contributed by atoms with van der Waals surface area (Å²) in [6, 6.07) is 7.87. The number of benzene rings is 1. The van der Waals surface area contributed by atoms with Crippen LogP contribution in [0.4, 0.5) is 0 Å².